The van der Waals surface area contributed by atoms with Gasteiger partial charge in [0, 0.05) is 8.96 Å². The lowest BCUT2D eigenvalue weighted by Crippen LogP contribution is -2.34. The summed E-state index contributed by atoms with van der Waals surface area (Å²) in [5, 5.41) is 20.9. The van der Waals surface area contributed by atoms with Crippen LogP contribution in [0.25, 0.3) is 11.0 Å². The van der Waals surface area contributed by atoms with Gasteiger partial charge in [0.2, 0.25) is 0 Å². The summed E-state index contributed by atoms with van der Waals surface area (Å²) in [6.45, 7) is -1.07. The highest BCUT2D eigenvalue weighted by atomic mass is 127. The molecule has 0 spiro atoms. The van der Waals surface area contributed by atoms with Crippen LogP contribution in [0, 0.1) is 15.2 Å². The molecule has 10 heteroatoms. The van der Waals surface area contributed by atoms with E-state index in [1.54, 1.807) is 6.07 Å². The highest BCUT2D eigenvalue weighted by Crippen LogP contribution is 2.33. The number of aliphatic hydroxyl groups excluding tert-OH is 2. The maximum absolute atomic E-state index is 15.0. The number of hydroxylamine groups is 1. The third kappa shape index (κ3) is 4.24. The predicted octanol–water partition coefficient (Wildman–Crippen LogP) is 3.07. The second-order valence-corrected chi connectivity index (χ2v) is 6.98. The van der Waals surface area contributed by atoms with Crippen molar-refractivity contribution in [3.63, 3.8) is 0 Å². The fraction of sp³-hybridized carbons (Fsp3) is 0.167. The van der Waals surface area contributed by atoms with Gasteiger partial charge in [0.25, 0.3) is 5.91 Å². The first-order valence-corrected chi connectivity index (χ1v) is 9.12. The normalized spacial score (nSPS) is 11.2. The Bertz CT molecular complexity index is 1010. The van der Waals surface area contributed by atoms with Gasteiger partial charge >= 0.3 is 0 Å². The summed E-state index contributed by atoms with van der Waals surface area (Å²) in [6, 6.07) is 7.10. The second-order valence-electron chi connectivity index (χ2n) is 5.74. The second kappa shape index (κ2) is 8.82. The number of fused-ring (bicyclic) bond motifs is 1. The Morgan fingerprint density at radius 3 is 2.64 bits per heavy atom. The molecule has 7 nitrogen and oxygen atoms in total. The van der Waals surface area contributed by atoms with E-state index in [9.17, 15) is 13.6 Å². The van der Waals surface area contributed by atoms with E-state index in [1.165, 1.54) is 30.5 Å². The molecular formula is C18H15F2IN2O5. The molecule has 0 saturated heterocycles. The summed E-state index contributed by atoms with van der Waals surface area (Å²) in [7, 11) is 0. The highest BCUT2D eigenvalue weighted by molar-refractivity contribution is 14.1. The number of anilines is 2. The van der Waals surface area contributed by atoms with Gasteiger partial charge in [0.1, 0.15) is 11.9 Å². The average molecular weight is 504 g/mol. The molecule has 0 bridgehead atoms. The molecule has 0 atom stereocenters. The van der Waals surface area contributed by atoms with Crippen LogP contribution >= 0.6 is 22.6 Å². The fourth-order valence-corrected chi connectivity index (χ4v) is 2.87. The van der Waals surface area contributed by atoms with E-state index in [-0.39, 0.29) is 22.5 Å². The molecule has 148 valence electrons. The monoisotopic (exact) mass is 504 g/mol. The summed E-state index contributed by atoms with van der Waals surface area (Å²) in [5.41, 5.74) is 1.41. The van der Waals surface area contributed by atoms with Gasteiger partial charge in [-0.3, -0.25) is 9.63 Å². The lowest BCUT2D eigenvalue weighted by molar-refractivity contribution is -0.0618. The van der Waals surface area contributed by atoms with E-state index >= 15 is 0 Å². The van der Waals surface area contributed by atoms with E-state index in [2.05, 4.69) is 5.32 Å². The van der Waals surface area contributed by atoms with Crippen molar-refractivity contribution in [2.75, 3.05) is 18.5 Å². The first-order valence-electron chi connectivity index (χ1n) is 8.04. The Hall–Kier alpha value is -2.28. The van der Waals surface area contributed by atoms with Crippen LogP contribution in [0.1, 0.15) is 10.4 Å². The molecule has 1 heterocycles. The third-order valence-corrected chi connectivity index (χ3v) is 4.52. The number of benzene rings is 2. The van der Waals surface area contributed by atoms with Gasteiger partial charge < -0.3 is 19.9 Å². The number of nitrogens with one attached hydrogen (secondary N) is 2. The lowest BCUT2D eigenvalue weighted by Gasteiger charge is -2.16. The van der Waals surface area contributed by atoms with Crippen molar-refractivity contribution in [1.82, 2.24) is 5.48 Å². The number of hydrogen-bond acceptors (Lipinski definition) is 6. The molecule has 0 aliphatic carbocycles. The van der Waals surface area contributed by atoms with E-state index < -0.39 is 36.9 Å². The summed E-state index contributed by atoms with van der Waals surface area (Å²) in [4.78, 5) is 17.4. The maximum atomic E-state index is 15.0. The largest absolute Gasteiger partial charge is 0.461 e. The van der Waals surface area contributed by atoms with Crippen molar-refractivity contribution >= 4 is 50.8 Å². The van der Waals surface area contributed by atoms with Crippen LogP contribution in [0.3, 0.4) is 0 Å². The number of carbonyl (C=O) groups excluding carboxylic acids is 1. The first-order chi connectivity index (χ1) is 13.4. The quantitative estimate of drug-likeness (QED) is 0.292. The van der Waals surface area contributed by atoms with Gasteiger partial charge in [0.15, 0.2) is 11.4 Å². The highest BCUT2D eigenvalue weighted by Gasteiger charge is 2.22. The van der Waals surface area contributed by atoms with Crippen molar-refractivity contribution < 1.29 is 33.0 Å². The number of halogens is 3. The lowest BCUT2D eigenvalue weighted by atomic mass is 10.1. The molecule has 0 saturated carbocycles. The van der Waals surface area contributed by atoms with Gasteiger partial charge in [-0.2, -0.15) is 0 Å². The van der Waals surface area contributed by atoms with Crippen molar-refractivity contribution in [2.45, 2.75) is 6.10 Å². The smallest absolute Gasteiger partial charge is 0.277 e. The molecule has 4 N–H and O–H groups in total. The Morgan fingerprint density at radius 1 is 1.21 bits per heavy atom. The summed E-state index contributed by atoms with van der Waals surface area (Å²) < 4.78 is 34.9. The van der Waals surface area contributed by atoms with E-state index in [1.807, 2.05) is 28.1 Å². The van der Waals surface area contributed by atoms with Crippen molar-refractivity contribution in [3.05, 3.63) is 57.4 Å². The minimum Gasteiger partial charge on any atom is -0.461 e. The van der Waals surface area contributed by atoms with Crippen LogP contribution in [0.4, 0.5) is 20.2 Å². The minimum absolute atomic E-state index is 0.0382. The Labute approximate surface area is 171 Å². The number of amides is 1. The van der Waals surface area contributed by atoms with Gasteiger partial charge in [-0.05, 0) is 52.9 Å². The SMILES string of the molecule is O=C(NOC(CO)CO)c1cc2ccoc2c(F)c1Nc1ccc(I)cc1F. The van der Waals surface area contributed by atoms with Crippen LogP contribution in [-0.2, 0) is 4.84 Å². The van der Waals surface area contributed by atoms with Crippen LogP contribution in [0.2, 0.25) is 0 Å². The molecule has 1 aromatic heterocycles. The standard InChI is InChI=1S/C18H15F2IN2O5/c19-13-6-10(21)1-2-14(13)22-16-12(18(26)23-28-11(7-24)8-25)5-9-3-4-27-17(9)15(16)20/h1-6,11,22,24-25H,7-8H2,(H,23,26). The van der Waals surface area contributed by atoms with Gasteiger partial charge in [-0.15, -0.1) is 0 Å². The molecule has 3 aromatic rings. The van der Waals surface area contributed by atoms with Crippen LogP contribution in [-0.4, -0.2) is 35.4 Å². The molecular weight excluding hydrogens is 489 g/mol. The topological polar surface area (TPSA) is 104 Å². The Kier molecular flexibility index (Phi) is 6.44. The van der Waals surface area contributed by atoms with Crippen molar-refractivity contribution in [3.8, 4) is 0 Å². The summed E-state index contributed by atoms with van der Waals surface area (Å²) in [5.74, 6) is -2.37. The van der Waals surface area contributed by atoms with Crippen LogP contribution < -0.4 is 10.8 Å². The maximum Gasteiger partial charge on any atom is 0.277 e. The van der Waals surface area contributed by atoms with Crippen LogP contribution in [0.15, 0.2) is 41.0 Å². The number of carbonyl (C=O) groups is 1. The predicted molar refractivity (Wildman–Crippen MR) is 105 cm³/mol. The van der Waals surface area contributed by atoms with Gasteiger partial charge in [0.05, 0.1) is 36.4 Å². The van der Waals surface area contributed by atoms with E-state index in [4.69, 9.17) is 19.5 Å². The molecule has 3 rings (SSSR count). The minimum atomic E-state index is -1.04. The molecule has 0 radical (unpaired) electrons. The first kappa shape index (κ1) is 20.5. The van der Waals surface area contributed by atoms with E-state index in [0.717, 1.165) is 0 Å². The summed E-state index contributed by atoms with van der Waals surface area (Å²) in [6.07, 6.45) is 0.214. The number of furan rings is 1. The number of rotatable bonds is 7. The Balaban J connectivity index is 2.00. The average Bonchev–Trinajstić information content (AvgIpc) is 3.15. The van der Waals surface area contributed by atoms with E-state index in [0.29, 0.717) is 8.96 Å². The van der Waals surface area contributed by atoms with Crippen LogP contribution in [0.5, 0.6) is 0 Å². The molecule has 0 aliphatic rings. The molecule has 0 aliphatic heterocycles. The van der Waals surface area contributed by atoms with Crippen molar-refractivity contribution in [2.24, 2.45) is 0 Å². The molecule has 1 amide bonds. The number of hydrogen-bond donors (Lipinski definition) is 4. The zero-order chi connectivity index (χ0) is 20.3. The molecule has 2 aromatic carbocycles. The fourth-order valence-electron chi connectivity index (χ4n) is 2.42. The summed E-state index contributed by atoms with van der Waals surface area (Å²) >= 11 is 1.93. The zero-order valence-corrected chi connectivity index (χ0v) is 16.4. The molecule has 28 heavy (non-hydrogen) atoms. The van der Waals surface area contributed by atoms with Gasteiger partial charge in [-0.1, -0.05) is 0 Å². The Morgan fingerprint density at radius 2 is 1.96 bits per heavy atom. The zero-order valence-electron chi connectivity index (χ0n) is 14.2. The van der Waals surface area contributed by atoms with Crippen molar-refractivity contribution in [1.29, 1.82) is 0 Å². The van der Waals surface area contributed by atoms with Gasteiger partial charge in [-0.25, -0.2) is 14.3 Å². The number of aliphatic hydroxyl groups is 2. The molecule has 0 fully saturated rings. The molecule has 0 unspecified atom stereocenters. The third-order valence-electron chi connectivity index (χ3n) is 3.84.